The number of aromatic nitrogens is 2. The quantitative estimate of drug-likeness (QED) is 0.279. The van der Waals surface area contributed by atoms with Crippen molar-refractivity contribution in [3.8, 4) is 0 Å². The molecule has 0 aliphatic carbocycles. The summed E-state index contributed by atoms with van der Waals surface area (Å²) in [5, 5.41) is 4.59. The van der Waals surface area contributed by atoms with Crippen molar-refractivity contribution in [1.29, 1.82) is 0 Å². The van der Waals surface area contributed by atoms with Crippen LogP contribution < -0.4 is 5.32 Å². The smallest absolute Gasteiger partial charge is 0.137 e. The van der Waals surface area contributed by atoms with Gasteiger partial charge in [-0.15, -0.1) is 0 Å². The molecule has 1 N–H and O–H groups in total. The summed E-state index contributed by atoms with van der Waals surface area (Å²) >= 11 is 2.13. The zero-order chi connectivity index (χ0) is 19.7. The van der Waals surface area contributed by atoms with Gasteiger partial charge in [-0.25, -0.2) is 9.97 Å². The molecular weight excluding hydrogens is 362 g/mol. The molecule has 4 heteroatoms. The molecule has 2 aromatic rings. The second-order valence-corrected chi connectivity index (χ2v) is 8.89. The molecule has 0 amide bonds. The second kappa shape index (κ2) is 15.6. The Morgan fingerprint density at radius 2 is 1.39 bits per heavy atom. The van der Waals surface area contributed by atoms with Crippen LogP contribution in [0.15, 0.2) is 30.6 Å². The van der Waals surface area contributed by atoms with Crippen LogP contribution >= 0.6 is 11.8 Å². The monoisotopic (exact) mass is 401 g/mol. The number of para-hydroxylation sites is 1. The largest absolute Gasteiger partial charge is 0.369 e. The molecular formula is C24H39N3S. The summed E-state index contributed by atoms with van der Waals surface area (Å²) in [5.41, 5.74) is 1.01. The van der Waals surface area contributed by atoms with Gasteiger partial charge in [-0.2, -0.15) is 11.8 Å². The highest BCUT2D eigenvalue weighted by atomic mass is 32.2. The minimum absolute atomic E-state index is 0.962. The summed E-state index contributed by atoms with van der Waals surface area (Å²) in [5.74, 6) is 3.58. The topological polar surface area (TPSA) is 37.8 Å². The molecule has 0 aliphatic heterocycles. The molecule has 0 fully saturated rings. The molecule has 0 bridgehead atoms. The van der Waals surface area contributed by atoms with Crippen LogP contribution in [0.2, 0.25) is 0 Å². The van der Waals surface area contributed by atoms with Gasteiger partial charge in [0.2, 0.25) is 0 Å². The molecule has 0 saturated heterocycles. The Balaban J connectivity index is 1.37. The number of nitrogens with one attached hydrogen (secondary N) is 1. The van der Waals surface area contributed by atoms with E-state index in [1.165, 1.54) is 88.6 Å². The van der Waals surface area contributed by atoms with E-state index in [0.717, 1.165) is 23.3 Å². The first-order valence-corrected chi connectivity index (χ1v) is 12.6. The first-order valence-electron chi connectivity index (χ1n) is 11.4. The number of hydrogen-bond acceptors (Lipinski definition) is 4. The molecule has 3 nitrogen and oxygen atoms in total. The van der Waals surface area contributed by atoms with Gasteiger partial charge in [-0.1, -0.05) is 76.8 Å². The third-order valence-corrected chi connectivity index (χ3v) is 6.35. The first kappa shape index (κ1) is 23.0. The van der Waals surface area contributed by atoms with E-state index in [2.05, 4.69) is 40.0 Å². The summed E-state index contributed by atoms with van der Waals surface area (Å²) in [6.45, 7) is 3.27. The van der Waals surface area contributed by atoms with Crippen molar-refractivity contribution < 1.29 is 0 Å². The van der Waals surface area contributed by atoms with Gasteiger partial charge < -0.3 is 5.32 Å². The highest BCUT2D eigenvalue weighted by Crippen LogP contribution is 2.18. The fourth-order valence-electron chi connectivity index (χ4n) is 3.48. The first-order chi connectivity index (χ1) is 13.9. The van der Waals surface area contributed by atoms with Crippen LogP contribution in [0.5, 0.6) is 0 Å². The number of hydrogen-bond donors (Lipinski definition) is 1. The molecule has 1 aromatic heterocycles. The summed E-state index contributed by atoms with van der Waals surface area (Å²) < 4.78 is 0. The number of thioether (sulfide) groups is 1. The third kappa shape index (κ3) is 9.77. The summed E-state index contributed by atoms with van der Waals surface area (Å²) in [6, 6.07) is 8.18. The predicted molar refractivity (Wildman–Crippen MR) is 126 cm³/mol. The standard InChI is InChI=1S/C24H39N3S/c1-2-3-4-5-6-7-8-9-10-14-19-28-20-15-13-18-25-24-22-16-11-12-17-23(22)26-21-27-24/h11-12,16-17,21H,2-10,13-15,18-20H2,1H3,(H,25,26,27). The second-order valence-electron chi connectivity index (χ2n) is 7.67. The molecule has 156 valence electrons. The van der Waals surface area contributed by atoms with Crippen LogP contribution in [0.25, 0.3) is 10.9 Å². The molecule has 0 radical (unpaired) electrons. The molecule has 0 spiro atoms. The summed E-state index contributed by atoms with van der Waals surface area (Å²) in [6.07, 6.45) is 18.4. The Bertz CT molecular complexity index is 627. The van der Waals surface area contributed by atoms with Crippen LogP contribution in [0.4, 0.5) is 5.82 Å². The third-order valence-electron chi connectivity index (χ3n) is 5.19. The fourth-order valence-corrected chi connectivity index (χ4v) is 4.50. The maximum atomic E-state index is 4.39. The van der Waals surface area contributed by atoms with Crippen molar-refractivity contribution in [2.45, 2.75) is 84.0 Å². The van der Waals surface area contributed by atoms with E-state index in [4.69, 9.17) is 0 Å². The van der Waals surface area contributed by atoms with E-state index >= 15 is 0 Å². The Morgan fingerprint density at radius 3 is 2.14 bits per heavy atom. The van der Waals surface area contributed by atoms with E-state index in [9.17, 15) is 0 Å². The lowest BCUT2D eigenvalue weighted by molar-refractivity contribution is 0.563. The normalized spacial score (nSPS) is 11.2. The SMILES string of the molecule is CCCCCCCCCCCCSCCCCNc1ncnc2ccccc12. The highest BCUT2D eigenvalue weighted by Gasteiger charge is 2.01. The van der Waals surface area contributed by atoms with Gasteiger partial charge in [0.25, 0.3) is 0 Å². The molecule has 1 aromatic carbocycles. The number of fused-ring (bicyclic) bond motifs is 1. The highest BCUT2D eigenvalue weighted by molar-refractivity contribution is 7.99. The zero-order valence-electron chi connectivity index (χ0n) is 17.8. The summed E-state index contributed by atoms with van der Waals surface area (Å²) in [4.78, 5) is 8.70. The van der Waals surface area contributed by atoms with E-state index in [1.54, 1.807) is 6.33 Å². The van der Waals surface area contributed by atoms with Crippen molar-refractivity contribution in [3.05, 3.63) is 30.6 Å². The fraction of sp³-hybridized carbons (Fsp3) is 0.667. The van der Waals surface area contributed by atoms with Gasteiger partial charge in [0.05, 0.1) is 5.52 Å². The maximum Gasteiger partial charge on any atom is 0.137 e. The number of rotatable bonds is 17. The number of nitrogens with zero attached hydrogens (tertiary/aromatic N) is 2. The van der Waals surface area contributed by atoms with Crippen molar-refractivity contribution in [3.63, 3.8) is 0 Å². The Morgan fingerprint density at radius 1 is 0.750 bits per heavy atom. The van der Waals surface area contributed by atoms with Crippen molar-refractivity contribution in [1.82, 2.24) is 9.97 Å². The van der Waals surface area contributed by atoms with Crippen LogP contribution in [0.3, 0.4) is 0 Å². The Labute approximate surface area is 176 Å². The zero-order valence-corrected chi connectivity index (χ0v) is 18.6. The Kier molecular flexibility index (Phi) is 12.8. The van der Waals surface area contributed by atoms with Gasteiger partial charge >= 0.3 is 0 Å². The predicted octanol–water partition coefficient (Wildman–Crippen LogP) is 7.48. The van der Waals surface area contributed by atoms with E-state index in [1.807, 2.05) is 18.2 Å². The van der Waals surface area contributed by atoms with Gasteiger partial charge in [0.15, 0.2) is 0 Å². The molecule has 28 heavy (non-hydrogen) atoms. The van der Waals surface area contributed by atoms with Crippen molar-refractivity contribution in [2.75, 3.05) is 23.4 Å². The van der Waals surface area contributed by atoms with Gasteiger partial charge in [-0.05, 0) is 42.9 Å². The molecule has 0 aliphatic rings. The lowest BCUT2D eigenvalue weighted by Gasteiger charge is -2.08. The molecule has 0 unspecified atom stereocenters. The average molecular weight is 402 g/mol. The van der Waals surface area contributed by atoms with Crippen LogP contribution in [0, 0.1) is 0 Å². The van der Waals surface area contributed by atoms with E-state index in [-0.39, 0.29) is 0 Å². The number of benzene rings is 1. The van der Waals surface area contributed by atoms with Gasteiger partial charge in [0, 0.05) is 11.9 Å². The average Bonchev–Trinajstić information content (AvgIpc) is 2.73. The minimum atomic E-state index is 0.962. The Hall–Kier alpha value is -1.29. The summed E-state index contributed by atoms with van der Waals surface area (Å²) in [7, 11) is 0. The molecule has 0 atom stereocenters. The minimum Gasteiger partial charge on any atom is -0.369 e. The van der Waals surface area contributed by atoms with Crippen LogP contribution in [-0.4, -0.2) is 28.0 Å². The maximum absolute atomic E-state index is 4.39. The molecule has 1 heterocycles. The molecule has 0 saturated carbocycles. The van der Waals surface area contributed by atoms with Crippen molar-refractivity contribution >= 4 is 28.5 Å². The number of unbranched alkanes of at least 4 members (excludes halogenated alkanes) is 10. The van der Waals surface area contributed by atoms with E-state index < -0.39 is 0 Å². The van der Waals surface area contributed by atoms with Gasteiger partial charge in [-0.3, -0.25) is 0 Å². The lowest BCUT2D eigenvalue weighted by Crippen LogP contribution is -2.04. The molecule has 2 rings (SSSR count). The lowest BCUT2D eigenvalue weighted by atomic mass is 10.1. The van der Waals surface area contributed by atoms with Gasteiger partial charge in [0.1, 0.15) is 12.1 Å². The number of anilines is 1. The van der Waals surface area contributed by atoms with Crippen LogP contribution in [0.1, 0.15) is 84.0 Å². The van der Waals surface area contributed by atoms with Crippen LogP contribution in [-0.2, 0) is 0 Å². The van der Waals surface area contributed by atoms with E-state index in [0.29, 0.717) is 0 Å². The van der Waals surface area contributed by atoms with Crippen molar-refractivity contribution in [2.24, 2.45) is 0 Å².